The van der Waals surface area contributed by atoms with E-state index in [4.69, 9.17) is 9.26 Å². The fourth-order valence-electron chi connectivity index (χ4n) is 4.59. The van der Waals surface area contributed by atoms with Crippen LogP contribution in [0.25, 0.3) is 10.8 Å². The van der Waals surface area contributed by atoms with E-state index in [1.165, 1.54) is 6.26 Å². The van der Waals surface area contributed by atoms with Gasteiger partial charge in [0, 0.05) is 36.9 Å². The van der Waals surface area contributed by atoms with Crippen LogP contribution in [0.15, 0.2) is 53.3 Å². The Kier molecular flexibility index (Phi) is 6.17. The first-order valence-electron chi connectivity index (χ1n) is 10.9. The maximum Gasteiger partial charge on any atom is 0.222 e. The molecule has 168 valence electrons. The average Bonchev–Trinajstić information content (AvgIpc) is 3.47. The van der Waals surface area contributed by atoms with Crippen molar-refractivity contribution in [3.63, 3.8) is 0 Å². The van der Waals surface area contributed by atoms with Crippen LogP contribution in [0.1, 0.15) is 49.9 Å². The van der Waals surface area contributed by atoms with E-state index in [1.807, 2.05) is 31.2 Å². The van der Waals surface area contributed by atoms with E-state index in [1.54, 1.807) is 25.1 Å². The zero-order chi connectivity index (χ0) is 22.7. The molecule has 1 aliphatic heterocycles. The third kappa shape index (κ3) is 4.33. The fourth-order valence-corrected chi connectivity index (χ4v) is 4.59. The summed E-state index contributed by atoms with van der Waals surface area (Å²) < 4.78 is 10.4. The summed E-state index contributed by atoms with van der Waals surface area (Å²) in [6.07, 6.45) is 4.28. The summed E-state index contributed by atoms with van der Waals surface area (Å²) in [7, 11) is 3.45. The second-order valence-electron chi connectivity index (χ2n) is 8.58. The van der Waals surface area contributed by atoms with Crippen LogP contribution in [0, 0.1) is 0 Å². The third-order valence-corrected chi connectivity index (χ3v) is 6.64. The number of benzene rings is 2. The number of nitrogens with zero attached hydrogens (tertiary/aromatic N) is 2. The SMILES string of the molecule is COc1ccc(CC2(CCC(=O)N(C)C(C)c3ccon3)CCC(=O)N2)c2ccccc12. The van der Waals surface area contributed by atoms with Crippen LogP contribution in [0.2, 0.25) is 0 Å². The van der Waals surface area contributed by atoms with Crippen molar-refractivity contribution in [2.45, 2.75) is 50.6 Å². The Morgan fingerprint density at radius 3 is 2.69 bits per heavy atom. The zero-order valence-electron chi connectivity index (χ0n) is 18.8. The number of carbonyl (C=O) groups is 2. The number of nitrogens with one attached hydrogen (secondary N) is 1. The van der Waals surface area contributed by atoms with Gasteiger partial charge in [0.1, 0.15) is 17.7 Å². The van der Waals surface area contributed by atoms with E-state index < -0.39 is 5.54 Å². The van der Waals surface area contributed by atoms with Crippen LogP contribution in [-0.4, -0.2) is 41.6 Å². The minimum Gasteiger partial charge on any atom is -0.496 e. The van der Waals surface area contributed by atoms with Gasteiger partial charge in [-0.15, -0.1) is 0 Å². The molecule has 0 bridgehead atoms. The molecule has 4 rings (SSSR count). The van der Waals surface area contributed by atoms with E-state index >= 15 is 0 Å². The summed E-state index contributed by atoms with van der Waals surface area (Å²) >= 11 is 0. The van der Waals surface area contributed by atoms with E-state index in [9.17, 15) is 9.59 Å². The molecule has 32 heavy (non-hydrogen) atoms. The lowest BCUT2D eigenvalue weighted by Crippen LogP contribution is -2.44. The van der Waals surface area contributed by atoms with E-state index in [0.717, 1.165) is 27.8 Å². The van der Waals surface area contributed by atoms with Crippen molar-refractivity contribution in [1.82, 2.24) is 15.4 Å². The van der Waals surface area contributed by atoms with Gasteiger partial charge in [0.25, 0.3) is 0 Å². The molecule has 1 N–H and O–H groups in total. The molecule has 7 nitrogen and oxygen atoms in total. The van der Waals surface area contributed by atoms with Crippen LogP contribution in [-0.2, 0) is 16.0 Å². The smallest absolute Gasteiger partial charge is 0.222 e. The molecule has 3 aromatic rings. The number of hydrogen-bond donors (Lipinski definition) is 1. The summed E-state index contributed by atoms with van der Waals surface area (Å²) in [6, 6.07) is 13.7. The molecule has 0 radical (unpaired) electrons. The Morgan fingerprint density at radius 1 is 1.25 bits per heavy atom. The Morgan fingerprint density at radius 2 is 2.03 bits per heavy atom. The van der Waals surface area contributed by atoms with Gasteiger partial charge >= 0.3 is 0 Å². The standard InChI is InChI=1S/C25H29N3O4/c1-17(21-12-15-32-27-21)28(2)24(30)11-14-25(13-10-23(29)26-25)16-18-8-9-22(31-3)20-7-5-4-6-19(18)20/h4-9,12,15,17H,10-11,13-14,16H2,1-3H3,(H,26,29). The third-order valence-electron chi connectivity index (χ3n) is 6.64. The molecule has 0 spiro atoms. The van der Waals surface area contributed by atoms with Crippen molar-refractivity contribution in [3.8, 4) is 5.75 Å². The molecule has 2 aromatic carbocycles. The summed E-state index contributed by atoms with van der Waals surface area (Å²) in [5.41, 5.74) is 1.41. The fraction of sp³-hybridized carbons (Fsp3) is 0.400. The number of fused-ring (bicyclic) bond motifs is 1. The van der Waals surface area contributed by atoms with Gasteiger partial charge in [-0.3, -0.25) is 9.59 Å². The maximum absolute atomic E-state index is 12.9. The lowest BCUT2D eigenvalue weighted by Gasteiger charge is -2.31. The zero-order valence-corrected chi connectivity index (χ0v) is 18.8. The molecule has 2 amide bonds. The Hall–Kier alpha value is -3.35. The topological polar surface area (TPSA) is 84.7 Å². The number of aromatic nitrogens is 1. The molecule has 1 aromatic heterocycles. The lowest BCUT2D eigenvalue weighted by molar-refractivity contribution is -0.132. The number of amides is 2. The molecule has 2 atom stereocenters. The normalized spacial score (nSPS) is 19.0. The molecule has 7 heteroatoms. The summed E-state index contributed by atoms with van der Waals surface area (Å²) in [5.74, 6) is 0.882. The first kappa shape index (κ1) is 21.9. The monoisotopic (exact) mass is 435 g/mol. The molecule has 0 saturated carbocycles. The van der Waals surface area contributed by atoms with Crippen molar-refractivity contribution in [2.75, 3.05) is 14.2 Å². The van der Waals surface area contributed by atoms with Gasteiger partial charge < -0.3 is 19.5 Å². The highest BCUT2D eigenvalue weighted by Gasteiger charge is 2.38. The molecule has 1 saturated heterocycles. The highest BCUT2D eigenvalue weighted by Crippen LogP contribution is 2.35. The minimum atomic E-state index is -0.442. The Bertz CT molecular complexity index is 1110. The van der Waals surface area contributed by atoms with Gasteiger partial charge in [0.05, 0.1) is 13.2 Å². The van der Waals surface area contributed by atoms with Crippen molar-refractivity contribution < 1.29 is 18.8 Å². The van der Waals surface area contributed by atoms with E-state index in [2.05, 4.69) is 22.6 Å². The Labute approximate surface area is 187 Å². The van der Waals surface area contributed by atoms with Crippen LogP contribution < -0.4 is 10.1 Å². The van der Waals surface area contributed by atoms with Crippen molar-refractivity contribution in [3.05, 3.63) is 60.0 Å². The Balaban J connectivity index is 1.53. The van der Waals surface area contributed by atoms with Crippen LogP contribution in [0.4, 0.5) is 0 Å². The van der Waals surface area contributed by atoms with Crippen LogP contribution >= 0.6 is 0 Å². The van der Waals surface area contributed by atoms with Crippen molar-refractivity contribution in [1.29, 1.82) is 0 Å². The second kappa shape index (κ2) is 9.02. The summed E-state index contributed by atoms with van der Waals surface area (Å²) in [6.45, 7) is 1.92. The predicted molar refractivity (Wildman–Crippen MR) is 121 cm³/mol. The van der Waals surface area contributed by atoms with E-state index in [0.29, 0.717) is 32.1 Å². The van der Waals surface area contributed by atoms with Crippen molar-refractivity contribution >= 4 is 22.6 Å². The van der Waals surface area contributed by atoms with Gasteiger partial charge in [-0.1, -0.05) is 35.5 Å². The minimum absolute atomic E-state index is 0.0145. The maximum atomic E-state index is 12.9. The highest BCUT2D eigenvalue weighted by atomic mass is 16.5. The highest BCUT2D eigenvalue weighted by molar-refractivity contribution is 5.91. The van der Waals surface area contributed by atoms with Crippen LogP contribution in [0.3, 0.4) is 0 Å². The molecule has 2 heterocycles. The second-order valence-corrected chi connectivity index (χ2v) is 8.58. The molecular formula is C25H29N3O4. The van der Waals surface area contributed by atoms with Crippen LogP contribution in [0.5, 0.6) is 5.75 Å². The average molecular weight is 436 g/mol. The summed E-state index contributed by atoms with van der Waals surface area (Å²) in [4.78, 5) is 26.8. The van der Waals surface area contributed by atoms with Crippen molar-refractivity contribution in [2.24, 2.45) is 0 Å². The molecular weight excluding hydrogens is 406 g/mol. The summed E-state index contributed by atoms with van der Waals surface area (Å²) in [5, 5.41) is 9.29. The first-order valence-corrected chi connectivity index (χ1v) is 10.9. The number of ether oxygens (including phenoxy) is 1. The number of rotatable bonds is 8. The molecule has 1 aliphatic rings. The van der Waals surface area contributed by atoms with Gasteiger partial charge in [0.2, 0.25) is 11.8 Å². The molecule has 2 unspecified atom stereocenters. The molecule has 0 aliphatic carbocycles. The predicted octanol–water partition coefficient (Wildman–Crippen LogP) is 4.03. The quantitative estimate of drug-likeness (QED) is 0.578. The van der Waals surface area contributed by atoms with Gasteiger partial charge in [-0.2, -0.15) is 0 Å². The molecule has 1 fully saturated rings. The van der Waals surface area contributed by atoms with Gasteiger partial charge in [-0.05, 0) is 43.2 Å². The van der Waals surface area contributed by atoms with Gasteiger partial charge in [0.15, 0.2) is 0 Å². The van der Waals surface area contributed by atoms with Gasteiger partial charge in [-0.25, -0.2) is 0 Å². The number of carbonyl (C=O) groups excluding carboxylic acids is 2. The number of hydrogen-bond acceptors (Lipinski definition) is 5. The first-order chi connectivity index (χ1) is 15.4. The van der Waals surface area contributed by atoms with E-state index in [-0.39, 0.29) is 17.9 Å². The largest absolute Gasteiger partial charge is 0.496 e. The lowest BCUT2D eigenvalue weighted by atomic mass is 9.83. The number of methoxy groups -OCH3 is 1.